The average Bonchev–Trinajstić information content (AvgIpc) is 2.48. The van der Waals surface area contributed by atoms with Crippen LogP contribution in [0.4, 0.5) is 8.78 Å². The summed E-state index contributed by atoms with van der Waals surface area (Å²) in [6.07, 6.45) is 0. The normalized spacial score (nSPS) is 10.1. The van der Waals surface area contributed by atoms with Crippen LogP contribution < -0.4 is 0 Å². The van der Waals surface area contributed by atoms with Gasteiger partial charge in [0.1, 0.15) is 11.6 Å². The largest absolute Gasteiger partial charge is 2.00 e. The van der Waals surface area contributed by atoms with E-state index >= 15 is 0 Å². The molecule has 0 amide bonds. The quantitative estimate of drug-likeness (QED) is 0.492. The van der Waals surface area contributed by atoms with Crippen LogP contribution in [0.5, 0.6) is 0 Å². The van der Waals surface area contributed by atoms with Crippen LogP contribution in [0.15, 0.2) is 71.2 Å². The molecule has 0 saturated carbocycles. The second-order valence-electron chi connectivity index (χ2n) is 4.71. The van der Waals surface area contributed by atoms with Crippen molar-refractivity contribution in [3.63, 3.8) is 0 Å². The third kappa shape index (κ3) is 3.75. The fourth-order valence-corrected chi connectivity index (χ4v) is 2.54. The first-order chi connectivity index (χ1) is 10.1. The van der Waals surface area contributed by atoms with E-state index in [9.17, 15) is 8.78 Å². The molecular formula is C18H13BrF2Mg. The van der Waals surface area contributed by atoms with E-state index in [1.807, 2.05) is 30.3 Å². The molecule has 0 fully saturated rings. The van der Waals surface area contributed by atoms with Crippen molar-refractivity contribution in [1.82, 2.24) is 0 Å². The molecule has 0 aliphatic carbocycles. The van der Waals surface area contributed by atoms with Crippen LogP contribution in [-0.4, -0.2) is 23.1 Å². The van der Waals surface area contributed by atoms with Gasteiger partial charge in [-0.1, -0.05) is 58.4 Å². The van der Waals surface area contributed by atoms with Crippen molar-refractivity contribution in [2.24, 2.45) is 0 Å². The molecule has 0 bridgehead atoms. The molecule has 0 N–H and O–H groups in total. The maximum atomic E-state index is 13.9. The summed E-state index contributed by atoms with van der Waals surface area (Å²) in [6.45, 7) is 0. The van der Waals surface area contributed by atoms with E-state index in [-0.39, 0.29) is 37.5 Å². The van der Waals surface area contributed by atoms with Gasteiger partial charge in [-0.15, -0.1) is 0 Å². The molecule has 0 atom stereocenters. The molecule has 0 radical (unpaired) electrons. The SMILES string of the molecule is Fc1ccc(-c2ccc(-c3ccc(Br)cc3F)cc2)cc1.[H-].[H-].[Mg+2]. The van der Waals surface area contributed by atoms with Crippen LogP contribution in [0.25, 0.3) is 22.3 Å². The Hall–Kier alpha value is -1.23. The fourth-order valence-electron chi connectivity index (χ4n) is 2.21. The van der Waals surface area contributed by atoms with Crippen LogP contribution in [-0.2, 0) is 0 Å². The van der Waals surface area contributed by atoms with Crippen molar-refractivity contribution < 1.29 is 11.6 Å². The van der Waals surface area contributed by atoms with Crippen LogP contribution >= 0.6 is 15.9 Å². The Morgan fingerprint density at radius 3 is 1.73 bits per heavy atom. The zero-order chi connectivity index (χ0) is 14.8. The smallest absolute Gasteiger partial charge is 1.00 e. The van der Waals surface area contributed by atoms with E-state index in [0.29, 0.717) is 10.0 Å². The third-order valence-corrected chi connectivity index (χ3v) is 3.80. The van der Waals surface area contributed by atoms with Crippen LogP contribution in [0, 0.1) is 11.6 Å². The molecule has 0 aliphatic rings. The minimum Gasteiger partial charge on any atom is -1.00 e. The molecule has 108 valence electrons. The molecule has 0 aliphatic heterocycles. The summed E-state index contributed by atoms with van der Waals surface area (Å²) < 4.78 is 27.6. The molecule has 0 unspecified atom stereocenters. The minimum absolute atomic E-state index is 0. The van der Waals surface area contributed by atoms with Crippen molar-refractivity contribution in [3.05, 3.63) is 82.8 Å². The first-order valence-corrected chi connectivity index (χ1v) is 7.24. The minimum atomic E-state index is -0.265. The Morgan fingerprint density at radius 1 is 0.682 bits per heavy atom. The van der Waals surface area contributed by atoms with E-state index in [0.717, 1.165) is 16.7 Å². The summed E-state index contributed by atoms with van der Waals surface area (Å²) >= 11 is 3.25. The van der Waals surface area contributed by atoms with Gasteiger partial charge in [-0.25, -0.2) is 8.78 Å². The van der Waals surface area contributed by atoms with Gasteiger partial charge >= 0.3 is 23.1 Å². The zero-order valence-corrected chi connectivity index (χ0v) is 14.7. The summed E-state index contributed by atoms with van der Waals surface area (Å²) in [7, 11) is 0. The molecular weight excluding hydrogens is 358 g/mol. The molecule has 3 rings (SSSR count). The summed E-state index contributed by atoms with van der Waals surface area (Å²) in [6, 6.07) is 18.9. The fraction of sp³-hybridized carbons (Fsp3) is 0. The topological polar surface area (TPSA) is 0 Å². The molecule has 0 saturated heterocycles. The number of benzene rings is 3. The Balaban J connectivity index is 0.00000176. The Morgan fingerprint density at radius 2 is 1.18 bits per heavy atom. The van der Waals surface area contributed by atoms with Crippen molar-refractivity contribution in [2.45, 2.75) is 0 Å². The second-order valence-corrected chi connectivity index (χ2v) is 5.62. The van der Waals surface area contributed by atoms with Crippen LogP contribution in [0.2, 0.25) is 0 Å². The Kier molecular flexibility index (Phi) is 5.72. The van der Waals surface area contributed by atoms with Crippen molar-refractivity contribution in [1.29, 1.82) is 0 Å². The van der Waals surface area contributed by atoms with Crippen molar-refractivity contribution in [3.8, 4) is 22.3 Å². The maximum absolute atomic E-state index is 13.9. The summed E-state index contributed by atoms with van der Waals surface area (Å²) in [5, 5.41) is 0. The Labute approximate surface area is 155 Å². The van der Waals surface area contributed by atoms with E-state index in [4.69, 9.17) is 0 Å². The monoisotopic (exact) mass is 370 g/mol. The van der Waals surface area contributed by atoms with E-state index in [1.165, 1.54) is 18.2 Å². The van der Waals surface area contributed by atoms with Gasteiger partial charge in [0.05, 0.1) is 0 Å². The molecule has 22 heavy (non-hydrogen) atoms. The van der Waals surface area contributed by atoms with Gasteiger partial charge in [0.2, 0.25) is 0 Å². The van der Waals surface area contributed by atoms with E-state index in [2.05, 4.69) is 15.9 Å². The van der Waals surface area contributed by atoms with Crippen LogP contribution in [0.1, 0.15) is 2.85 Å². The third-order valence-electron chi connectivity index (χ3n) is 3.30. The van der Waals surface area contributed by atoms with Gasteiger partial charge in [-0.05, 0) is 41.0 Å². The molecule has 3 aromatic rings. The van der Waals surface area contributed by atoms with Gasteiger partial charge in [0, 0.05) is 10.0 Å². The van der Waals surface area contributed by atoms with Crippen molar-refractivity contribution in [2.75, 3.05) is 0 Å². The first-order valence-electron chi connectivity index (χ1n) is 6.45. The molecule has 4 heteroatoms. The number of hydrogen-bond donors (Lipinski definition) is 0. The standard InChI is InChI=1S/C18H11BrF2.Mg.2H/c19-15-7-10-17(18(21)11-15)14-3-1-12(2-4-14)13-5-8-16(20)9-6-13;;;/h1-11H;;;/q;+2;2*-1. The van der Waals surface area contributed by atoms with E-state index in [1.54, 1.807) is 18.2 Å². The first kappa shape index (κ1) is 17.1. The molecule has 0 spiro atoms. The molecule has 0 aromatic heterocycles. The molecule has 3 aromatic carbocycles. The predicted molar refractivity (Wildman–Crippen MR) is 92.9 cm³/mol. The van der Waals surface area contributed by atoms with Gasteiger partial charge in [0.25, 0.3) is 0 Å². The number of halogens is 3. The zero-order valence-electron chi connectivity index (χ0n) is 13.7. The predicted octanol–water partition coefficient (Wildman–Crippen LogP) is 5.91. The van der Waals surface area contributed by atoms with Gasteiger partial charge < -0.3 is 2.85 Å². The summed E-state index contributed by atoms with van der Waals surface area (Å²) in [5.74, 6) is -0.522. The Bertz CT molecular complexity index is 778. The van der Waals surface area contributed by atoms with Gasteiger partial charge in [-0.2, -0.15) is 0 Å². The van der Waals surface area contributed by atoms with Crippen LogP contribution in [0.3, 0.4) is 0 Å². The summed E-state index contributed by atoms with van der Waals surface area (Å²) in [5.41, 5.74) is 3.27. The van der Waals surface area contributed by atoms with E-state index < -0.39 is 0 Å². The summed E-state index contributed by atoms with van der Waals surface area (Å²) in [4.78, 5) is 0. The molecule has 0 heterocycles. The second kappa shape index (κ2) is 7.35. The molecule has 0 nitrogen and oxygen atoms in total. The van der Waals surface area contributed by atoms with Gasteiger partial charge in [0.15, 0.2) is 0 Å². The van der Waals surface area contributed by atoms with Crippen molar-refractivity contribution >= 4 is 39.0 Å². The number of hydrogen-bond acceptors (Lipinski definition) is 0. The maximum Gasteiger partial charge on any atom is 2.00 e. The number of rotatable bonds is 2. The van der Waals surface area contributed by atoms with Gasteiger partial charge in [-0.3, -0.25) is 0 Å². The average molecular weight is 372 g/mol.